The number of aromatic carboxylic acids is 1. The van der Waals surface area contributed by atoms with Gasteiger partial charge in [0.2, 0.25) is 0 Å². The molecule has 0 fully saturated rings. The van der Waals surface area contributed by atoms with Crippen molar-refractivity contribution in [1.29, 1.82) is 0 Å². The Morgan fingerprint density at radius 1 is 1.24 bits per heavy atom. The summed E-state index contributed by atoms with van der Waals surface area (Å²) in [4.78, 5) is 21.2. The monoisotopic (exact) mass is 307 g/mol. The minimum atomic E-state index is -1.31. The van der Waals surface area contributed by atoms with Gasteiger partial charge in [0.15, 0.2) is 0 Å². The fourth-order valence-corrected chi connectivity index (χ4v) is 1.96. The van der Waals surface area contributed by atoms with Gasteiger partial charge in [0.1, 0.15) is 17.1 Å². The Morgan fingerprint density at radius 2 is 1.90 bits per heavy atom. The van der Waals surface area contributed by atoms with Gasteiger partial charge in [-0.15, -0.1) is 0 Å². The molecule has 2 rings (SSSR count). The minimum Gasteiger partial charge on any atom is -0.478 e. The summed E-state index contributed by atoms with van der Waals surface area (Å²) in [5.74, 6) is -0.852. The zero-order chi connectivity index (χ0) is 15.6. The van der Waals surface area contributed by atoms with Gasteiger partial charge in [-0.05, 0) is 36.8 Å². The lowest BCUT2D eigenvalue weighted by atomic mass is 10.1. The third-order valence-corrected chi connectivity index (χ3v) is 3.00. The molecule has 6 nitrogen and oxygen atoms in total. The van der Waals surface area contributed by atoms with Crippen LogP contribution in [0, 0.1) is 17.0 Å². The summed E-state index contributed by atoms with van der Waals surface area (Å²) in [6.07, 6.45) is 0. The van der Waals surface area contributed by atoms with E-state index in [1.165, 1.54) is 12.1 Å². The molecule has 1 N–H and O–H groups in total. The van der Waals surface area contributed by atoms with Crippen LogP contribution < -0.4 is 4.74 Å². The van der Waals surface area contributed by atoms with Crippen molar-refractivity contribution in [3.05, 3.63) is 62.7 Å². The lowest BCUT2D eigenvalue weighted by Crippen LogP contribution is -2.02. The second-order valence-corrected chi connectivity index (χ2v) is 4.69. The van der Waals surface area contributed by atoms with E-state index in [-0.39, 0.29) is 17.0 Å². The summed E-state index contributed by atoms with van der Waals surface area (Å²) in [6, 6.07) is 8.29. The fraction of sp³-hybridized carbons (Fsp3) is 0.0714. The molecule has 0 heterocycles. The van der Waals surface area contributed by atoms with Crippen molar-refractivity contribution in [2.45, 2.75) is 6.92 Å². The molecular formula is C14H10ClNO5. The van der Waals surface area contributed by atoms with Crippen molar-refractivity contribution in [2.24, 2.45) is 0 Å². The van der Waals surface area contributed by atoms with Gasteiger partial charge >= 0.3 is 5.97 Å². The number of aryl methyl sites for hydroxylation is 1. The smallest absolute Gasteiger partial charge is 0.339 e. The molecule has 0 unspecified atom stereocenters. The van der Waals surface area contributed by atoms with Gasteiger partial charge in [0.05, 0.1) is 4.92 Å². The first-order chi connectivity index (χ1) is 9.88. The van der Waals surface area contributed by atoms with Gasteiger partial charge in [0.25, 0.3) is 5.69 Å². The number of ether oxygens (including phenoxy) is 1. The SMILES string of the molecule is Cc1cc(Cl)ccc1Oc1ccc([N+](=O)[O-])cc1C(=O)O. The molecule has 7 heteroatoms. The average molecular weight is 308 g/mol. The molecule has 2 aromatic carbocycles. The number of carboxylic acid groups (broad SMARTS) is 1. The van der Waals surface area contributed by atoms with E-state index in [0.29, 0.717) is 10.8 Å². The van der Waals surface area contributed by atoms with E-state index in [1.54, 1.807) is 25.1 Å². The quantitative estimate of drug-likeness (QED) is 0.680. The van der Waals surface area contributed by atoms with Crippen LogP contribution in [0.4, 0.5) is 5.69 Å². The molecule has 0 radical (unpaired) electrons. The molecule has 0 amide bonds. The Morgan fingerprint density at radius 3 is 2.48 bits per heavy atom. The summed E-state index contributed by atoms with van der Waals surface area (Å²) < 4.78 is 5.53. The number of nitro benzene ring substituents is 1. The van der Waals surface area contributed by atoms with Crippen molar-refractivity contribution in [1.82, 2.24) is 0 Å². The van der Waals surface area contributed by atoms with E-state index in [1.807, 2.05) is 0 Å². The number of hydrogen-bond acceptors (Lipinski definition) is 4. The fourth-order valence-electron chi connectivity index (χ4n) is 1.73. The van der Waals surface area contributed by atoms with Crippen LogP contribution in [-0.2, 0) is 0 Å². The van der Waals surface area contributed by atoms with E-state index in [4.69, 9.17) is 21.4 Å². The molecule has 0 aliphatic heterocycles. The number of halogens is 1. The van der Waals surface area contributed by atoms with Crippen molar-refractivity contribution >= 4 is 23.3 Å². The Labute approximate surface area is 124 Å². The van der Waals surface area contributed by atoms with Crippen LogP contribution in [0.15, 0.2) is 36.4 Å². The van der Waals surface area contributed by atoms with Gasteiger partial charge in [-0.25, -0.2) is 4.79 Å². The van der Waals surface area contributed by atoms with Gasteiger partial charge in [-0.3, -0.25) is 10.1 Å². The van der Waals surface area contributed by atoms with E-state index in [2.05, 4.69) is 0 Å². The predicted molar refractivity (Wildman–Crippen MR) is 76.3 cm³/mol. The van der Waals surface area contributed by atoms with Crippen molar-refractivity contribution in [3.8, 4) is 11.5 Å². The highest BCUT2D eigenvalue weighted by Crippen LogP contribution is 2.31. The third-order valence-electron chi connectivity index (χ3n) is 2.76. The van der Waals surface area contributed by atoms with Crippen LogP contribution in [0.1, 0.15) is 15.9 Å². The van der Waals surface area contributed by atoms with Crippen molar-refractivity contribution in [3.63, 3.8) is 0 Å². The maximum atomic E-state index is 11.2. The lowest BCUT2D eigenvalue weighted by molar-refractivity contribution is -0.384. The number of benzene rings is 2. The molecule has 0 spiro atoms. The largest absolute Gasteiger partial charge is 0.478 e. The molecule has 2 aromatic rings. The molecule has 0 aromatic heterocycles. The predicted octanol–water partition coefficient (Wildman–Crippen LogP) is 4.05. The molecule has 0 atom stereocenters. The van der Waals surface area contributed by atoms with Crippen molar-refractivity contribution < 1.29 is 19.6 Å². The first-order valence-electron chi connectivity index (χ1n) is 5.84. The number of non-ortho nitro benzene ring substituents is 1. The number of nitrogens with zero attached hydrogens (tertiary/aromatic N) is 1. The molecule has 0 bridgehead atoms. The first kappa shape index (κ1) is 14.8. The number of nitro groups is 1. The van der Waals surface area contributed by atoms with E-state index in [0.717, 1.165) is 11.6 Å². The molecule has 0 aliphatic carbocycles. The van der Waals surface area contributed by atoms with Crippen LogP contribution in [0.3, 0.4) is 0 Å². The minimum absolute atomic E-state index is 0.0264. The van der Waals surface area contributed by atoms with Gasteiger partial charge < -0.3 is 9.84 Å². The molecular weight excluding hydrogens is 298 g/mol. The first-order valence-corrected chi connectivity index (χ1v) is 6.22. The van der Waals surface area contributed by atoms with Crippen LogP contribution in [0.5, 0.6) is 11.5 Å². The highest BCUT2D eigenvalue weighted by Gasteiger charge is 2.18. The maximum absolute atomic E-state index is 11.2. The molecule has 108 valence electrons. The standard InChI is InChI=1S/C14H10ClNO5/c1-8-6-9(15)2-4-12(8)21-13-5-3-10(16(19)20)7-11(13)14(17)18/h2-7H,1H3,(H,17,18). The Hall–Kier alpha value is -2.60. The highest BCUT2D eigenvalue weighted by atomic mass is 35.5. The Balaban J connectivity index is 2.44. The van der Waals surface area contributed by atoms with Crippen molar-refractivity contribution in [2.75, 3.05) is 0 Å². The number of carbonyl (C=O) groups is 1. The van der Waals surface area contributed by atoms with Crippen LogP contribution in [-0.4, -0.2) is 16.0 Å². The molecule has 0 aliphatic rings. The van der Waals surface area contributed by atoms with Gasteiger partial charge in [0, 0.05) is 17.2 Å². The maximum Gasteiger partial charge on any atom is 0.339 e. The number of hydrogen-bond donors (Lipinski definition) is 1. The van der Waals surface area contributed by atoms with Gasteiger partial charge in [-0.2, -0.15) is 0 Å². The summed E-state index contributed by atoms with van der Waals surface area (Å²) in [6.45, 7) is 1.76. The molecule has 0 saturated heterocycles. The second kappa shape index (κ2) is 5.80. The zero-order valence-corrected chi connectivity index (χ0v) is 11.6. The third kappa shape index (κ3) is 3.29. The van der Waals surface area contributed by atoms with Crippen LogP contribution >= 0.6 is 11.6 Å². The summed E-state index contributed by atoms with van der Waals surface area (Å²) in [7, 11) is 0. The van der Waals surface area contributed by atoms with Crippen LogP contribution in [0.2, 0.25) is 5.02 Å². The topological polar surface area (TPSA) is 89.7 Å². The number of rotatable bonds is 4. The second-order valence-electron chi connectivity index (χ2n) is 4.25. The zero-order valence-electron chi connectivity index (χ0n) is 10.9. The molecule has 0 saturated carbocycles. The Kier molecular flexibility index (Phi) is 4.09. The average Bonchev–Trinajstić information content (AvgIpc) is 2.41. The summed E-state index contributed by atoms with van der Waals surface area (Å²) in [5.41, 5.74) is 0.128. The highest BCUT2D eigenvalue weighted by molar-refractivity contribution is 6.30. The van der Waals surface area contributed by atoms with E-state index < -0.39 is 10.9 Å². The lowest BCUT2D eigenvalue weighted by Gasteiger charge is -2.11. The normalized spacial score (nSPS) is 10.2. The number of carboxylic acids is 1. The Bertz CT molecular complexity index is 729. The van der Waals surface area contributed by atoms with Crippen LogP contribution in [0.25, 0.3) is 0 Å². The van der Waals surface area contributed by atoms with E-state index in [9.17, 15) is 14.9 Å². The van der Waals surface area contributed by atoms with Gasteiger partial charge in [-0.1, -0.05) is 11.6 Å². The summed E-state index contributed by atoms with van der Waals surface area (Å²) in [5, 5.41) is 20.4. The summed E-state index contributed by atoms with van der Waals surface area (Å²) >= 11 is 5.83. The van der Waals surface area contributed by atoms with E-state index >= 15 is 0 Å². The molecule has 21 heavy (non-hydrogen) atoms.